The Morgan fingerprint density at radius 1 is 1.32 bits per heavy atom. The number of hydrogen-bond acceptors (Lipinski definition) is 4. The van der Waals surface area contributed by atoms with Crippen LogP contribution in [0.4, 0.5) is 15.8 Å². The van der Waals surface area contributed by atoms with Crippen LogP contribution in [0.3, 0.4) is 0 Å². The molecule has 0 atom stereocenters. The molecule has 0 radical (unpaired) electrons. The van der Waals surface area contributed by atoms with E-state index in [1.807, 2.05) is 19.6 Å². The lowest BCUT2D eigenvalue weighted by Gasteiger charge is -2.17. The fourth-order valence-electron chi connectivity index (χ4n) is 1.48. The smallest absolute Gasteiger partial charge is 0.267 e. The highest BCUT2D eigenvalue weighted by atomic mass is 32.2. The highest BCUT2D eigenvalue weighted by Gasteiger charge is 2.25. The van der Waals surface area contributed by atoms with E-state index in [0.29, 0.717) is 6.07 Å². The molecular weight excluding hydrogens is 327 g/mol. The summed E-state index contributed by atoms with van der Waals surface area (Å²) in [6.45, 7) is 5.90. The number of sulfonamides is 1. The van der Waals surface area contributed by atoms with Crippen molar-refractivity contribution in [2.75, 3.05) is 17.6 Å². The van der Waals surface area contributed by atoms with Crippen molar-refractivity contribution in [1.29, 1.82) is 0 Å². The minimum atomic E-state index is -3.72. The Kier molecular flexibility index (Phi) is 4.99. The number of rotatable bonds is 3. The molecule has 0 fully saturated rings. The van der Waals surface area contributed by atoms with Gasteiger partial charge in [-0.2, -0.15) is 0 Å². The van der Waals surface area contributed by atoms with Gasteiger partial charge < -0.3 is 0 Å². The average Bonchev–Trinajstić information content (AvgIpc) is 2.33. The van der Waals surface area contributed by atoms with Gasteiger partial charge in [0.25, 0.3) is 5.69 Å². The molecule has 6 nitrogen and oxygen atoms in total. The standard InChI is InChI=1S/C13H17FN2O4SSi/c1-15(21(2,19)20)12-8-10(6-7-22(3,4)5)11(14)9-13(12)16(17)18/h8-9H,1-5H3. The normalized spacial score (nSPS) is 11.5. The van der Waals surface area contributed by atoms with Gasteiger partial charge in [-0.05, 0) is 6.07 Å². The quantitative estimate of drug-likeness (QED) is 0.365. The van der Waals surface area contributed by atoms with Gasteiger partial charge in [-0.3, -0.25) is 14.4 Å². The summed E-state index contributed by atoms with van der Waals surface area (Å²) in [7, 11) is -4.32. The molecule has 0 spiro atoms. The van der Waals surface area contributed by atoms with Gasteiger partial charge in [0.2, 0.25) is 10.0 Å². The molecule has 9 heteroatoms. The third-order valence-corrected chi connectivity index (χ3v) is 4.74. The van der Waals surface area contributed by atoms with E-state index in [1.54, 1.807) is 0 Å². The minimum absolute atomic E-state index is 0.0569. The van der Waals surface area contributed by atoms with Crippen molar-refractivity contribution in [3.8, 4) is 11.5 Å². The predicted molar refractivity (Wildman–Crippen MR) is 86.5 cm³/mol. The molecule has 22 heavy (non-hydrogen) atoms. The first-order valence-electron chi connectivity index (χ1n) is 6.28. The largest absolute Gasteiger partial charge is 0.296 e. The van der Waals surface area contributed by atoms with Crippen molar-refractivity contribution in [3.05, 3.63) is 33.6 Å². The Morgan fingerprint density at radius 2 is 1.86 bits per heavy atom. The van der Waals surface area contributed by atoms with E-state index in [2.05, 4.69) is 11.5 Å². The van der Waals surface area contributed by atoms with Crippen LogP contribution in [-0.4, -0.2) is 34.7 Å². The van der Waals surface area contributed by atoms with E-state index >= 15 is 0 Å². The first-order chi connectivity index (χ1) is 9.83. The molecule has 0 bridgehead atoms. The summed E-state index contributed by atoms with van der Waals surface area (Å²) in [5.74, 6) is 1.81. The summed E-state index contributed by atoms with van der Waals surface area (Å²) < 4.78 is 37.9. The number of anilines is 1. The fourth-order valence-corrected chi connectivity index (χ4v) is 2.49. The van der Waals surface area contributed by atoms with Gasteiger partial charge in [-0.1, -0.05) is 25.6 Å². The zero-order chi connectivity index (χ0) is 17.3. The van der Waals surface area contributed by atoms with Crippen molar-refractivity contribution in [1.82, 2.24) is 0 Å². The van der Waals surface area contributed by atoms with Gasteiger partial charge >= 0.3 is 0 Å². The van der Waals surface area contributed by atoms with E-state index in [4.69, 9.17) is 0 Å². The lowest BCUT2D eigenvalue weighted by molar-refractivity contribution is -0.384. The summed E-state index contributed by atoms with van der Waals surface area (Å²) in [6, 6.07) is 1.80. The zero-order valence-electron chi connectivity index (χ0n) is 13.0. The maximum atomic E-state index is 14.0. The lowest BCUT2D eigenvalue weighted by atomic mass is 10.1. The molecule has 0 saturated heterocycles. The monoisotopic (exact) mass is 344 g/mol. The van der Waals surface area contributed by atoms with Gasteiger partial charge in [-0.25, -0.2) is 12.8 Å². The molecule has 1 aromatic rings. The Hall–Kier alpha value is -1.92. The second-order valence-electron chi connectivity index (χ2n) is 5.81. The Labute approximate surface area is 130 Å². The van der Waals surface area contributed by atoms with Crippen LogP contribution in [0.5, 0.6) is 0 Å². The lowest BCUT2D eigenvalue weighted by Crippen LogP contribution is -2.25. The Balaban J connectivity index is 3.59. The summed E-state index contributed by atoms with van der Waals surface area (Å²) in [6.07, 6.45) is 0.910. The van der Waals surface area contributed by atoms with Gasteiger partial charge in [0.05, 0.1) is 22.8 Å². The van der Waals surface area contributed by atoms with Gasteiger partial charge in [-0.15, -0.1) is 5.54 Å². The van der Waals surface area contributed by atoms with Crippen LogP contribution < -0.4 is 4.31 Å². The van der Waals surface area contributed by atoms with Crippen LogP contribution in [0.15, 0.2) is 12.1 Å². The molecule has 0 unspecified atom stereocenters. The van der Waals surface area contributed by atoms with Crippen LogP contribution in [0, 0.1) is 27.4 Å². The van der Waals surface area contributed by atoms with E-state index in [9.17, 15) is 22.9 Å². The van der Waals surface area contributed by atoms with Crippen molar-refractivity contribution in [3.63, 3.8) is 0 Å². The summed E-state index contributed by atoms with van der Waals surface area (Å²) in [4.78, 5) is 10.2. The SMILES string of the molecule is CN(c1cc(C#C[Si](C)(C)C)c(F)cc1[N+](=O)[O-])S(C)(=O)=O. The van der Waals surface area contributed by atoms with E-state index in [0.717, 1.165) is 16.6 Å². The molecule has 0 aliphatic carbocycles. The van der Waals surface area contributed by atoms with Crippen molar-refractivity contribution in [2.45, 2.75) is 19.6 Å². The van der Waals surface area contributed by atoms with Gasteiger partial charge in [0, 0.05) is 7.05 Å². The van der Waals surface area contributed by atoms with Gasteiger partial charge in [0.1, 0.15) is 19.6 Å². The molecular formula is C13H17FN2O4SSi. The van der Waals surface area contributed by atoms with Crippen LogP contribution in [-0.2, 0) is 10.0 Å². The van der Waals surface area contributed by atoms with Crippen molar-refractivity contribution < 1.29 is 17.7 Å². The third kappa shape index (κ3) is 4.54. The van der Waals surface area contributed by atoms with Crippen molar-refractivity contribution in [2.24, 2.45) is 0 Å². The maximum absolute atomic E-state index is 14.0. The van der Waals surface area contributed by atoms with Crippen LogP contribution in [0.1, 0.15) is 5.56 Å². The molecule has 1 rings (SSSR count). The number of hydrogen-bond donors (Lipinski definition) is 0. The molecule has 0 aromatic heterocycles. The molecule has 120 valence electrons. The number of nitro groups is 1. The fraction of sp³-hybridized carbons (Fsp3) is 0.385. The van der Waals surface area contributed by atoms with Crippen LogP contribution in [0.25, 0.3) is 0 Å². The average molecular weight is 344 g/mol. The highest BCUT2D eigenvalue weighted by molar-refractivity contribution is 7.92. The first-order valence-corrected chi connectivity index (χ1v) is 11.6. The number of nitro benzene ring substituents is 1. The second kappa shape index (κ2) is 6.06. The van der Waals surface area contributed by atoms with E-state index < -0.39 is 34.5 Å². The van der Waals surface area contributed by atoms with E-state index in [1.165, 1.54) is 7.05 Å². The highest BCUT2D eigenvalue weighted by Crippen LogP contribution is 2.31. The molecule has 0 aliphatic rings. The van der Waals surface area contributed by atoms with E-state index in [-0.39, 0.29) is 11.3 Å². The van der Waals surface area contributed by atoms with Crippen molar-refractivity contribution >= 4 is 29.5 Å². The zero-order valence-corrected chi connectivity index (χ0v) is 14.8. The summed E-state index contributed by atoms with van der Waals surface area (Å²) in [5, 5.41) is 11.0. The number of benzene rings is 1. The van der Waals surface area contributed by atoms with Gasteiger partial charge in [0.15, 0.2) is 0 Å². The minimum Gasteiger partial charge on any atom is -0.267 e. The third-order valence-electron chi connectivity index (χ3n) is 2.67. The summed E-state index contributed by atoms with van der Waals surface area (Å²) in [5.41, 5.74) is 2.05. The second-order valence-corrected chi connectivity index (χ2v) is 12.6. The molecule has 0 saturated carbocycles. The molecule has 0 aliphatic heterocycles. The summed E-state index contributed by atoms with van der Waals surface area (Å²) >= 11 is 0. The Bertz CT molecular complexity index is 776. The maximum Gasteiger partial charge on any atom is 0.296 e. The molecule has 0 N–H and O–H groups in total. The molecule has 1 aromatic carbocycles. The van der Waals surface area contributed by atoms with Crippen LogP contribution >= 0.6 is 0 Å². The molecule has 0 heterocycles. The number of halogens is 1. The topological polar surface area (TPSA) is 80.5 Å². The molecule has 0 amide bonds. The number of nitrogens with zero attached hydrogens (tertiary/aromatic N) is 2. The first kappa shape index (κ1) is 18.1. The Morgan fingerprint density at radius 3 is 2.27 bits per heavy atom. The predicted octanol–water partition coefficient (Wildman–Crippen LogP) is 2.36. The van der Waals surface area contributed by atoms with Crippen LogP contribution in [0.2, 0.25) is 19.6 Å².